The van der Waals surface area contributed by atoms with Gasteiger partial charge >= 0.3 is 0 Å². The van der Waals surface area contributed by atoms with E-state index in [0.717, 1.165) is 27.4 Å². The van der Waals surface area contributed by atoms with E-state index in [1.807, 2.05) is 18.2 Å². The van der Waals surface area contributed by atoms with Crippen LogP contribution in [0.5, 0.6) is 0 Å². The Morgan fingerprint density at radius 2 is 1.41 bits per heavy atom. The molecular formula is C25H19F2NO3Si. The normalized spacial score (nSPS) is 11.2. The van der Waals surface area contributed by atoms with Crippen molar-refractivity contribution in [1.82, 2.24) is 0 Å². The molecule has 0 radical (unpaired) electrons. The fraction of sp³-hybridized carbons (Fsp3) is 0.0400. The summed E-state index contributed by atoms with van der Waals surface area (Å²) in [6.45, 7) is 0.132. The molecule has 0 aromatic heterocycles. The first-order valence-corrected chi connectivity index (χ1v) is 11.2. The Kier molecular flexibility index (Phi) is 6.49. The maximum atomic E-state index is 13.6. The minimum absolute atomic E-state index is 0.0281. The first-order valence-electron chi connectivity index (χ1n) is 9.97. The lowest BCUT2D eigenvalue weighted by Gasteiger charge is -2.16. The average molecular weight is 448 g/mol. The number of nitrogens with zero attached hydrogens (tertiary/aromatic N) is 1. The molecule has 0 saturated heterocycles. The summed E-state index contributed by atoms with van der Waals surface area (Å²) in [5.74, 6) is -0.658. The highest BCUT2D eigenvalue weighted by atomic mass is 28.2. The molecule has 0 N–H and O–H groups in total. The molecule has 7 heteroatoms. The molecule has 0 heterocycles. The maximum Gasteiger partial charge on any atom is 0.274 e. The lowest BCUT2D eigenvalue weighted by atomic mass is 9.94. The molecule has 0 aliphatic heterocycles. The highest BCUT2D eigenvalue weighted by Crippen LogP contribution is 2.31. The number of nitro benzene ring substituents is 1. The van der Waals surface area contributed by atoms with E-state index in [-0.39, 0.29) is 23.9 Å². The Bertz CT molecular complexity index is 1250. The molecule has 4 aromatic rings. The number of benzene rings is 4. The van der Waals surface area contributed by atoms with E-state index in [0.29, 0.717) is 5.56 Å². The minimum Gasteiger partial charge on any atom is -0.414 e. The molecule has 0 aliphatic rings. The molecule has 4 aromatic carbocycles. The van der Waals surface area contributed by atoms with Crippen LogP contribution in [-0.4, -0.2) is 14.7 Å². The first-order chi connectivity index (χ1) is 15.5. The van der Waals surface area contributed by atoms with Gasteiger partial charge in [0.2, 0.25) is 0 Å². The number of nitro groups is 1. The maximum absolute atomic E-state index is 13.6. The van der Waals surface area contributed by atoms with E-state index in [9.17, 15) is 18.9 Å². The number of hydrogen-bond acceptors (Lipinski definition) is 3. The van der Waals surface area contributed by atoms with Crippen molar-refractivity contribution in [3.63, 3.8) is 0 Å². The largest absolute Gasteiger partial charge is 0.414 e. The van der Waals surface area contributed by atoms with Gasteiger partial charge in [0.05, 0.1) is 17.1 Å². The van der Waals surface area contributed by atoms with Gasteiger partial charge in [0.15, 0.2) is 9.76 Å². The van der Waals surface area contributed by atoms with Crippen molar-refractivity contribution in [2.45, 2.75) is 6.61 Å². The highest BCUT2D eigenvalue weighted by molar-refractivity contribution is 6.50. The van der Waals surface area contributed by atoms with Gasteiger partial charge in [-0.3, -0.25) is 10.1 Å². The van der Waals surface area contributed by atoms with Gasteiger partial charge in [-0.1, -0.05) is 54.6 Å². The first kappa shape index (κ1) is 21.5. The average Bonchev–Trinajstić information content (AvgIpc) is 2.80. The second-order valence-electron chi connectivity index (χ2n) is 7.23. The third-order valence-corrected chi connectivity index (χ3v) is 6.45. The second-order valence-corrected chi connectivity index (χ2v) is 8.69. The van der Waals surface area contributed by atoms with Crippen molar-refractivity contribution in [1.29, 1.82) is 0 Å². The summed E-state index contributed by atoms with van der Waals surface area (Å²) < 4.78 is 33.0. The van der Waals surface area contributed by atoms with E-state index in [2.05, 4.69) is 0 Å². The summed E-state index contributed by atoms with van der Waals surface area (Å²) in [7, 11) is -1.30. The van der Waals surface area contributed by atoms with E-state index in [1.165, 1.54) is 30.3 Å². The zero-order valence-corrected chi connectivity index (χ0v) is 18.4. The molecule has 0 fully saturated rings. The molecule has 0 amide bonds. The Hall–Kier alpha value is -3.68. The molecule has 0 unspecified atom stereocenters. The van der Waals surface area contributed by atoms with Gasteiger partial charge in [0.25, 0.3) is 5.69 Å². The summed E-state index contributed by atoms with van der Waals surface area (Å²) in [5.41, 5.74) is 3.98. The third kappa shape index (κ3) is 4.79. The lowest BCUT2D eigenvalue weighted by Crippen LogP contribution is -2.21. The SMILES string of the molecule is O=[N+]([O-])c1ccccc1CO[SiH2]c1cccc(-c2ccc(F)cc2)c1-c1ccc(F)cc1. The van der Waals surface area contributed by atoms with Crippen LogP contribution in [0.15, 0.2) is 91.0 Å². The predicted molar refractivity (Wildman–Crippen MR) is 123 cm³/mol. The van der Waals surface area contributed by atoms with Crippen molar-refractivity contribution in [3.05, 3.63) is 118 Å². The van der Waals surface area contributed by atoms with Gasteiger partial charge in [0.1, 0.15) is 11.6 Å². The zero-order valence-electron chi connectivity index (χ0n) is 17.0. The van der Waals surface area contributed by atoms with Crippen molar-refractivity contribution in [3.8, 4) is 22.3 Å². The van der Waals surface area contributed by atoms with Gasteiger partial charge in [-0.15, -0.1) is 0 Å². The minimum atomic E-state index is -1.30. The summed E-state index contributed by atoms with van der Waals surface area (Å²) in [6, 6.07) is 24.7. The Balaban J connectivity index is 1.69. The van der Waals surface area contributed by atoms with Gasteiger partial charge in [0, 0.05) is 6.07 Å². The van der Waals surface area contributed by atoms with E-state index in [4.69, 9.17) is 4.43 Å². The molecule has 0 atom stereocenters. The molecule has 0 spiro atoms. The smallest absolute Gasteiger partial charge is 0.274 e. The number of halogens is 2. The van der Waals surface area contributed by atoms with Crippen LogP contribution in [0.2, 0.25) is 0 Å². The molecule has 4 nitrogen and oxygen atoms in total. The van der Waals surface area contributed by atoms with Gasteiger partial charge < -0.3 is 4.43 Å². The summed E-state index contributed by atoms with van der Waals surface area (Å²) >= 11 is 0. The molecule has 0 aliphatic carbocycles. The number of rotatable bonds is 7. The molecule has 4 rings (SSSR count). The van der Waals surface area contributed by atoms with Crippen LogP contribution in [0.25, 0.3) is 22.3 Å². The second kappa shape index (κ2) is 9.63. The molecule has 0 saturated carbocycles. The lowest BCUT2D eigenvalue weighted by molar-refractivity contribution is -0.385. The fourth-order valence-electron chi connectivity index (χ4n) is 3.63. The standard InChI is InChI=1S/C25H19F2NO3Si/c26-20-12-8-17(9-13-20)22-5-3-7-24(25(22)18-10-14-21(27)15-11-18)32-31-16-19-4-1-2-6-23(19)28(29)30/h1-15H,16,32H2. The van der Waals surface area contributed by atoms with E-state index >= 15 is 0 Å². The third-order valence-electron chi connectivity index (χ3n) is 5.14. The van der Waals surface area contributed by atoms with Crippen LogP contribution in [-0.2, 0) is 11.0 Å². The topological polar surface area (TPSA) is 52.4 Å². The van der Waals surface area contributed by atoms with Gasteiger partial charge in [-0.25, -0.2) is 8.78 Å². The number of hydrogen-bond donors (Lipinski definition) is 0. The summed E-state index contributed by atoms with van der Waals surface area (Å²) in [4.78, 5) is 10.8. The van der Waals surface area contributed by atoms with Crippen LogP contribution < -0.4 is 5.19 Å². The Morgan fingerprint density at radius 1 is 0.781 bits per heavy atom. The van der Waals surface area contributed by atoms with Gasteiger partial charge in [-0.05, 0) is 57.8 Å². The van der Waals surface area contributed by atoms with Crippen molar-refractivity contribution < 1.29 is 18.1 Å². The Morgan fingerprint density at radius 3 is 2.06 bits per heavy atom. The fourth-order valence-corrected chi connectivity index (χ4v) is 4.94. The number of para-hydroxylation sites is 1. The van der Waals surface area contributed by atoms with Crippen LogP contribution in [0.1, 0.15) is 5.56 Å². The zero-order chi connectivity index (χ0) is 22.5. The molecular weight excluding hydrogens is 428 g/mol. The summed E-state index contributed by atoms with van der Waals surface area (Å²) in [6.07, 6.45) is 0. The van der Waals surface area contributed by atoms with E-state index < -0.39 is 14.7 Å². The van der Waals surface area contributed by atoms with Crippen LogP contribution in [0.3, 0.4) is 0 Å². The summed E-state index contributed by atoms with van der Waals surface area (Å²) in [5, 5.41) is 12.2. The molecule has 160 valence electrons. The quantitative estimate of drug-likeness (QED) is 0.224. The van der Waals surface area contributed by atoms with E-state index in [1.54, 1.807) is 42.5 Å². The Labute approximate surface area is 186 Å². The van der Waals surface area contributed by atoms with Crippen LogP contribution in [0, 0.1) is 21.7 Å². The highest BCUT2D eigenvalue weighted by Gasteiger charge is 2.15. The molecule has 32 heavy (non-hydrogen) atoms. The van der Waals surface area contributed by atoms with Crippen molar-refractivity contribution in [2.75, 3.05) is 0 Å². The predicted octanol–water partition coefficient (Wildman–Crippen LogP) is 5.13. The van der Waals surface area contributed by atoms with Crippen LogP contribution >= 0.6 is 0 Å². The van der Waals surface area contributed by atoms with Crippen molar-refractivity contribution in [2.24, 2.45) is 0 Å². The van der Waals surface area contributed by atoms with Gasteiger partial charge in [-0.2, -0.15) is 0 Å². The van der Waals surface area contributed by atoms with Crippen LogP contribution in [0.4, 0.5) is 14.5 Å². The van der Waals surface area contributed by atoms with Crippen molar-refractivity contribution >= 4 is 20.6 Å². The molecule has 0 bridgehead atoms. The monoisotopic (exact) mass is 447 g/mol.